The van der Waals surface area contributed by atoms with Crippen LogP contribution in [0, 0.1) is 11.7 Å². The molecule has 0 aliphatic carbocycles. The molecular formula is C30H39F2N3O4. The first kappa shape index (κ1) is 28.8. The Kier molecular flexibility index (Phi) is 9.43. The van der Waals surface area contributed by atoms with Crippen LogP contribution in [-0.4, -0.2) is 72.4 Å². The van der Waals surface area contributed by atoms with Gasteiger partial charge < -0.3 is 25.0 Å². The fourth-order valence-electron chi connectivity index (χ4n) is 5.23. The maximum Gasteiger partial charge on any atom is 0.410 e. The minimum Gasteiger partial charge on any atom is -0.490 e. The van der Waals surface area contributed by atoms with Crippen molar-refractivity contribution in [2.45, 2.75) is 70.9 Å². The van der Waals surface area contributed by atoms with Crippen LogP contribution >= 0.6 is 0 Å². The van der Waals surface area contributed by atoms with E-state index in [-0.39, 0.29) is 37.2 Å². The molecule has 0 aromatic heterocycles. The first-order valence-corrected chi connectivity index (χ1v) is 13.8. The normalized spacial score (nSPS) is 19.7. The molecule has 2 aliphatic heterocycles. The zero-order valence-corrected chi connectivity index (χ0v) is 22.9. The summed E-state index contributed by atoms with van der Waals surface area (Å²) in [5, 5.41) is 0. The molecule has 0 bridgehead atoms. The highest BCUT2D eigenvalue weighted by molar-refractivity contribution is 5.82. The average molecular weight is 544 g/mol. The quantitative estimate of drug-likeness (QED) is 0.509. The zero-order valence-electron chi connectivity index (χ0n) is 22.9. The second kappa shape index (κ2) is 12.8. The van der Waals surface area contributed by atoms with Crippen LogP contribution in [0.2, 0.25) is 0 Å². The van der Waals surface area contributed by atoms with Gasteiger partial charge in [-0.05, 0) is 87.3 Å². The Morgan fingerprint density at radius 1 is 0.974 bits per heavy atom. The van der Waals surface area contributed by atoms with Crippen LogP contribution in [0.1, 0.15) is 45.6 Å². The van der Waals surface area contributed by atoms with Crippen LogP contribution in [0.3, 0.4) is 0 Å². The van der Waals surface area contributed by atoms with E-state index < -0.39 is 18.0 Å². The molecule has 3 atom stereocenters. The summed E-state index contributed by atoms with van der Waals surface area (Å²) in [4.78, 5) is 27.7. The van der Waals surface area contributed by atoms with E-state index in [9.17, 15) is 18.4 Å². The van der Waals surface area contributed by atoms with Crippen LogP contribution in [0.5, 0.6) is 5.75 Å². The molecule has 2 fully saturated rings. The van der Waals surface area contributed by atoms with E-state index in [4.69, 9.17) is 15.2 Å². The Bertz CT molecular complexity index is 1140. The highest BCUT2D eigenvalue weighted by atomic mass is 19.1. The summed E-state index contributed by atoms with van der Waals surface area (Å²) in [6.45, 7) is 7.45. The number of carbonyl (C=O) groups is 2. The standard InChI is InChI=1S/C30H39F2N3O4/c1-19(2)38-30(37)34-13-10-21(11-14-34)20(3)39-26-8-6-22(7-9-26)23-4-5-24(27(32)16-23)17-28(33)29(36)35-15-12-25(31)18-35/h4-9,16,19-21,25,28H,10-15,17-18,33H2,1-3H3/t20-,25-,28?/m0/s1. The van der Waals surface area contributed by atoms with Gasteiger partial charge in [-0.1, -0.05) is 24.3 Å². The second-order valence-electron chi connectivity index (χ2n) is 10.9. The van der Waals surface area contributed by atoms with Gasteiger partial charge in [-0.3, -0.25) is 4.79 Å². The SMILES string of the molecule is CC(C)OC(=O)N1CCC([C@H](C)Oc2ccc(-c3ccc(CC(N)C(=O)N4CC[C@H](F)C4)c(F)c3)cc2)CC1. The summed E-state index contributed by atoms with van der Waals surface area (Å²) in [6, 6.07) is 11.5. The molecular weight excluding hydrogens is 504 g/mol. The lowest BCUT2D eigenvalue weighted by molar-refractivity contribution is -0.131. The maximum atomic E-state index is 14.9. The number of ether oxygens (including phenoxy) is 2. The third kappa shape index (κ3) is 7.47. The first-order chi connectivity index (χ1) is 18.6. The summed E-state index contributed by atoms with van der Waals surface area (Å²) < 4.78 is 39.8. The molecule has 2 amide bonds. The van der Waals surface area contributed by atoms with Crippen LogP contribution in [0.15, 0.2) is 42.5 Å². The molecule has 0 radical (unpaired) electrons. The van der Waals surface area contributed by atoms with Gasteiger partial charge in [-0.15, -0.1) is 0 Å². The molecule has 212 valence electrons. The fraction of sp³-hybridized carbons (Fsp3) is 0.533. The number of likely N-dealkylation sites (tertiary alicyclic amines) is 2. The number of alkyl halides is 1. The largest absolute Gasteiger partial charge is 0.490 e. The highest BCUT2D eigenvalue weighted by Crippen LogP contribution is 2.28. The first-order valence-electron chi connectivity index (χ1n) is 13.8. The Hall–Kier alpha value is -3.20. The van der Waals surface area contributed by atoms with E-state index in [0.29, 0.717) is 43.1 Å². The van der Waals surface area contributed by atoms with Crippen LogP contribution < -0.4 is 10.5 Å². The predicted molar refractivity (Wildman–Crippen MR) is 146 cm³/mol. The molecule has 9 heteroatoms. The molecule has 2 aromatic rings. The summed E-state index contributed by atoms with van der Waals surface area (Å²) in [5.74, 6) is 0.282. The molecule has 2 saturated heterocycles. The van der Waals surface area contributed by atoms with E-state index in [1.807, 2.05) is 45.0 Å². The van der Waals surface area contributed by atoms with Gasteiger partial charge in [0.1, 0.15) is 17.7 Å². The number of amides is 2. The van der Waals surface area contributed by atoms with E-state index in [1.54, 1.807) is 17.0 Å². The molecule has 2 aliphatic rings. The molecule has 4 rings (SSSR count). The monoisotopic (exact) mass is 543 g/mol. The van der Waals surface area contributed by atoms with Crippen molar-refractivity contribution in [1.29, 1.82) is 0 Å². The van der Waals surface area contributed by atoms with Gasteiger partial charge in [0.25, 0.3) is 0 Å². The molecule has 0 saturated carbocycles. The number of nitrogens with two attached hydrogens (primary N) is 1. The number of nitrogens with zero attached hydrogens (tertiary/aromatic N) is 2. The number of carbonyl (C=O) groups excluding carboxylic acids is 2. The lowest BCUT2D eigenvalue weighted by Crippen LogP contribution is -2.44. The van der Waals surface area contributed by atoms with Gasteiger partial charge in [-0.25, -0.2) is 13.6 Å². The summed E-state index contributed by atoms with van der Waals surface area (Å²) in [6.07, 6.45) is 0.657. The predicted octanol–water partition coefficient (Wildman–Crippen LogP) is 4.96. The van der Waals surface area contributed by atoms with Gasteiger partial charge >= 0.3 is 6.09 Å². The summed E-state index contributed by atoms with van der Waals surface area (Å²) in [5.41, 5.74) is 7.92. The van der Waals surface area contributed by atoms with Crippen LogP contribution in [-0.2, 0) is 16.0 Å². The van der Waals surface area contributed by atoms with E-state index in [1.165, 1.54) is 11.0 Å². The third-order valence-electron chi connectivity index (χ3n) is 7.56. The number of hydrogen-bond acceptors (Lipinski definition) is 5. The third-order valence-corrected chi connectivity index (χ3v) is 7.56. The second-order valence-corrected chi connectivity index (χ2v) is 10.9. The van der Waals surface area contributed by atoms with Crippen molar-refractivity contribution < 1.29 is 27.8 Å². The highest BCUT2D eigenvalue weighted by Gasteiger charge is 2.30. The number of rotatable bonds is 8. The Labute approximate surface area is 229 Å². The van der Waals surface area contributed by atoms with Crippen LogP contribution in [0.25, 0.3) is 11.1 Å². The zero-order chi connectivity index (χ0) is 28.1. The van der Waals surface area contributed by atoms with Crippen molar-refractivity contribution in [3.05, 3.63) is 53.8 Å². The van der Waals surface area contributed by atoms with E-state index >= 15 is 0 Å². The summed E-state index contributed by atoms with van der Waals surface area (Å²) >= 11 is 0. The Balaban J connectivity index is 1.29. The van der Waals surface area contributed by atoms with Crippen molar-refractivity contribution in [2.75, 3.05) is 26.2 Å². The number of hydrogen-bond donors (Lipinski definition) is 1. The summed E-state index contributed by atoms with van der Waals surface area (Å²) in [7, 11) is 0. The molecule has 39 heavy (non-hydrogen) atoms. The lowest BCUT2D eigenvalue weighted by Gasteiger charge is -2.34. The van der Waals surface area contributed by atoms with Crippen molar-refractivity contribution >= 4 is 12.0 Å². The Morgan fingerprint density at radius 3 is 2.21 bits per heavy atom. The minimum absolute atomic E-state index is 0.0147. The van der Waals surface area contributed by atoms with Gasteiger partial charge in [0.05, 0.1) is 24.8 Å². The number of piperidine rings is 1. The van der Waals surface area contributed by atoms with Gasteiger partial charge in [-0.2, -0.15) is 0 Å². The van der Waals surface area contributed by atoms with Crippen molar-refractivity contribution in [3.63, 3.8) is 0 Å². The van der Waals surface area contributed by atoms with Gasteiger partial charge in [0.2, 0.25) is 5.91 Å². The van der Waals surface area contributed by atoms with Crippen molar-refractivity contribution in [2.24, 2.45) is 11.7 Å². The minimum atomic E-state index is -1.02. The average Bonchev–Trinajstić information content (AvgIpc) is 3.35. The smallest absolute Gasteiger partial charge is 0.410 e. The fourth-order valence-corrected chi connectivity index (χ4v) is 5.23. The van der Waals surface area contributed by atoms with Crippen molar-refractivity contribution in [3.8, 4) is 16.9 Å². The molecule has 2 heterocycles. The van der Waals surface area contributed by atoms with E-state index in [2.05, 4.69) is 0 Å². The molecule has 2 aromatic carbocycles. The lowest BCUT2D eigenvalue weighted by atomic mass is 9.92. The van der Waals surface area contributed by atoms with Crippen molar-refractivity contribution in [1.82, 2.24) is 9.80 Å². The van der Waals surface area contributed by atoms with Gasteiger partial charge in [0, 0.05) is 19.6 Å². The van der Waals surface area contributed by atoms with E-state index in [0.717, 1.165) is 24.2 Å². The maximum absolute atomic E-state index is 14.9. The van der Waals surface area contributed by atoms with Crippen LogP contribution in [0.4, 0.5) is 13.6 Å². The number of halogens is 2. The topological polar surface area (TPSA) is 85.1 Å². The molecule has 1 unspecified atom stereocenters. The molecule has 0 spiro atoms. The molecule has 7 nitrogen and oxygen atoms in total. The molecule has 2 N–H and O–H groups in total. The Morgan fingerprint density at radius 2 is 1.62 bits per heavy atom. The number of benzene rings is 2. The van der Waals surface area contributed by atoms with Gasteiger partial charge in [0.15, 0.2) is 0 Å².